The molecule has 4 N–H and O–H groups in total. The van der Waals surface area contributed by atoms with Crippen LogP contribution in [0.3, 0.4) is 0 Å². The minimum absolute atomic E-state index is 0.198. The lowest BCUT2D eigenvalue weighted by molar-refractivity contribution is -0.117. The SMILES string of the molecule is CC(CN)CS(=O)CCC(N)=O. The summed E-state index contributed by atoms with van der Waals surface area (Å²) in [7, 11) is -0.951. The number of hydrogen-bond acceptors (Lipinski definition) is 3. The van der Waals surface area contributed by atoms with E-state index in [2.05, 4.69) is 0 Å². The van der Waals surface area contributed by atoms with Crippen molar-refractivity contribution in [2.75, 3.05) is 18.1 Å². The quantitative estimate of drug-likeness (QED) is 0.578. The molecule has 5 heteroatoms. The zero-order valence-corrected chi connectivity index (χ0v) is 8.10. The van der Waals surface area contributed by atoms with E-state index in [1.165, 1.54) is 0 Å². The predicted octanol–water partition coefficient (Wildman–Crippen LogP) is -0.795. The van der Waals surface area contributed by atoms with Crippen molar-refractivity contribution in [1.82, 2.24) is 0 Å². The van der Waals surface area contributed by atoms with Crippen LogP contribution in [0.25, 0.3) is 0 Å². The van der Waals surface area contributed by atoms with Gasteiger partial charge in [-0.15, -0.1) is 0 Å². The van der Waals surface area contributed by atoms with Gasteiger partial charge in [-0.05, 0) is 12.5 Å². The van der Waals surface area contributed by atoms with Crippen LogP contribution < -0.4 is 11.5 Å². The van der Waals surface area contributed by atoms with Gasteiger partial charge in [0.1, 0.15) is 0 Å². The monoisotopic (exact) mass is 192 g/mol. The van der Waals surface area contributed by atoms with Crippen molar-refractivity contribution < 1.29 is 9.00 Å². The van der Waals surface area contributed by atoms with Gasteiger partial charge in [0, 0.05) is 28.7 Å². The first kappa shape index (κ1) is 11.6. The van der Waals surface area contributed by atoms with Gasteiger partial charge in [-0.1, -0.05) is 6.92 Å². The number of rotatable bonds is 6. The van der Waals surface area contributed by atoms with E-state index in [1.54, 1.807) is 0 Å². The summed E-state index contributed by atoms with van der Waals surface area (Å²) in [5.41, 5.74) is 10.3. The van der Waals surface area contributed by atoms with Gasteiger partial charge in [0.15, 0.2) is 0 Å². The van der Waals surface area contributed by atoms with Crippen LogP contribution in [0.2, 0.25) is 0 Å². The van der Waals surface area contributed by atoms with Gasteiger partial charge in [-0.3, -0.25) is 9.00 Å². The molecule has 2 unspecified atom stereocenters. The normalized spacial score (nSPS) is 15.5. The van der Waals surface area contributed by atoms with Crippen LogP contribution in [0.4, 0.5) is 0 Å². The fourth-order valence-electron chi connectivity index (χ4n) is 0.683. The second-order valence-corrected chi connectivity index (χ2v) is 4.49. The van der Waals surface area contributed by atoms with E-state index in [4.69, 9.17) is 11.5 Å². The Morgan fingerprint density at radius 1 is 1.58 bits per heavy atom. The maximum Gasteiger partial charge on any atom is 0.218 e. The molecular weight excluding hydrogens is 176 g/mol. The van der Waals surface area contributed by atoms with E-state index in [0.29, 0.717) is 18.1 Å². The van der Waals surface area contributed by atoms with Crippen LogP contribution in [0.1, 0.15) is 13.3 Å². The molecule has 0 bridgehead atoms. The van der Waals surface area contributed by atoms with E-state index in [1.807, 2.05) is 6.92 Å². The molecule has 72 valence electrons. The topological polar surface area (TPSA) is 86.2 Å². The van der Waals surface area contributed by atoms with Crippen LogP contribution in [-0.4, -0.2) is 28.2 Å². The van der Waals surface area contributed by atoms with Crippen molar-refractivity contribution in [2.24, 2.45) is 17.4 Å². The molecule has 0 fully saturated rings. The Kier molecular flexibility index (Phi) is 5.92. The first-order valence-electron chi connectivity index (χ1n) is 3.89. The Labute approximate surface area is 75.1 Å². The summed E-state index contributed by atoms with van der Waals surface area (Å²) in [6.45, 7) is 2.46. The van der Waals surface area contributed by atoms with Crippen molar-refractivity contribution in [3.05, 3.63) is 0 Å². The van der Waals surface area contributed by atoms with E-state index < -0.39 is 16.7 Å². The lowest BCUT2D eigenvalue weighted by Gasteiger charge is -2.06. The lowest BCUT2D eigenvalue weighted by atomic mass is 10.2. The number of hydrogen-bond donors (Lipinski definition) is 2. The van der Waals surface area contributed by atoms with Gasteiger partial charge in [-0.2, -0.15) is 0 Å². The average molecular weight is 192 g/mol. The lowest BCUT2D eigenvalue weighted by Crippen LogP contribution is -2.21. The summed E-state index contributed by atoms with van der Waals surface area (Å²) >= 11 is 0. The Hall–Kier alpha value is -0.420. The van der Waals surface area contributed by atoms with Crippen LogP contribution in [-0.2, 0) is 15.6 Å². The van der Waals surface area contributed by atoms with E-state index >= 15 is 0 Å². The zero-order valence-electron chi connectivity index (χ0n) is 7.29. The van der Waals surface area contributed by atoms with E-state index in [9.17, 15) is 9.00 Å². The molecule has 0 radical (unpaired) electrons. The molecule has 0 aromatic rings. The number of carbonyl (C=O) groups is 1. The van der Waals surface area contributed by atoms with Crippen molar-refractivity contribution in [3.63, 3.8) is 0 Å². The van der Waals surface area contributed by atoms with Gasteiger partial charge >= 0.3 is 0 Å². The molecule has 0 aliphatic carbocycles. The Balaban J connectivity index is 3.53. The molecule has 12 heavy (non-hydrogen) atoms. The largest absolute Gasteiger partial charge is 0.370 e. The van der Waals surface area contributed by atoms with Crippen molar-refractivity contribution in [1.29, 1.82) is 0 Å². The summed E-state index contributed by atoms with van der Waals surface area (Å²) in [5.74, 6) is 0.770. The summed E-state index contributed by atoms with van der Waals surface area (Å²) in [6, 6.07) is 0. The van der Waals surface area contributed by atoms with Gasteiger partial charge in [-0.25, -0.2) is 0 Å². The standard InChI is InChI=1S/C7H16N2O2S/c1-6(4-8)5-12(11)3-2-7(9)10/h6H,2-5,8H2,1H3,(H2,9,10). The average Bonchev–Trinajstić information content (AvgIpc) is 2.00. The second-order valence-electron chi connectivity index (χ2n) is 2.87. The molecular formula is C7H16N2O2S. The summed E-state index contributed by atoms with van der Waals surface area (Å²) in [5, 5.41) is 0. The van der Waals surface area contributed by atoms with Gasteiger partial charge in [0.05, 0.1) is 0 Å². The summed E-state index contributed by atoms with van der Waals surface area (Å²) < 4.78 is 11.2. The van der Waals surface area contributed by atoms with E-state index in [0.717, 1.165) is 0 Å². The number of carbonyl (C=O) groups excluding carboxylic acids is 1. The smallest absolute Gasteiger partial charge is 0.218 e. The fraction of sp³-hybridized carbons (Fsp3) is 0.857. The summed E-state index contributed by atoms with van der Waals surface area (Å²) in [4.78, 5) is 10.3. The first-order chi connectivity index (χ1) is 5.56. The molecule has 0 aromatic heterocycles. The maximum absolute atomic E-state index is 11.2. The van der Waals surface area contributed by atoms with Crippen molar-refractivity contribution >= 4 is 16.7 Å². The minimum atomic E-state index is -0.951. The highest BCUT2D eigenvalue weighted by atomic mass is 32.2. The van der Waals surface area contributed by atoms with Crippen molar-refractivity contribution in [3.8, 4) is 0 Å². The van der Waals surface area contributed by atoms with Gasteiger partial charge in [0.25, 0.3) is 0 Å². The molecule has 4 nitrogen and oxygen atoms in total. The third-order valence-electron chi connectivity index (χ3n) is 1.45. The highest BCUT2D eigenvalue weighted by Gasteiger charge is 2.06. The molecule has 0 spiro atoms. The molecule has 0 aliphatic rings. The van der Waals surface area contributed by atoms with Crippen LogP contribution in [0.5, 0.6) is 0 Å². The molecule has 0 heterocycles. The summed E-state index contributed by atoms with van der Waals surface area (Å²) in [6.07, 6.45) is 0.198. The zero-order chi connectivity index (χ0) is 9.56. The molecule has 0 saturated carbocycles. The number of amides is 1. The van der Waals surface area contributed by atoms with Crippen LogP contribution >= 0.6 is 0 Å². The maximum atomic E-state index is 11.2. The molecule has 1 amide bonds. The second kappa shape index (κ2) is 6.14. The Bertz CT molecular complexity index is 173. The molecule has 2 atom stereocenters. The molecule has 0 rings (SSSR count). The highest BCUT2D eigenvalue weighted by Crippen LogP contribution is 1.97. The third kappa shape index (κ3) is 6.30. The predicted molar refractivity (Wildman–Crippen MR) is 49.9 cm³/mol. The number of primary amides is 1. The fourth-order valence-corrected chi connectivity index (χ4v) is 2.05. The van der Waals surface area contributed by atoms with Gasteiger partial charge in [0.2, 0.25) is 5.91 Å². The van der Waals surface area contributed by atoms with Crippen LogP contribution in [0, 0.1) is 5.92 Å². The minimum Gasteiger partial charge on any atom is -0.370 e. The number of nitrogens with two attached hydrogens (primary N) is 2. The first-order valence-corrected chi connectivity index (χ1v) is 5.38. The highest BCUT2D eigenvalue weighted by molar-refractivity contribution is 7.85. The molecule has 0 saturated heterocycles. The Morgan fingerprint density at radius 3 is 2.58 bits per heavy atom. The Morgan fingerprint density at radius 2 is 2.17 bits per heavy atom. The van der Waals surface area contributed by atoms with E-state index in [-0.39, 0.29) is 12.3 Å². The van der Waals surface area contributed by atoms with Gasteiger partial charge < -0.3 is 11.5 Å². The molecule has 0 aliphatic heterocycles. The molecule has 0 aromatic carbocycles. The third-order valence-corrected chi connectivity index (χ3v) is 3.05. The van der Waals surface area contributed by atoms with Crippen LogP contribution in [0.15, 0.2) is 0 Å². The van der Waals surface area contributed by atoms with Crippen molar-refractivity contribution in [2.45, 2.75) is 13.3 Å².